The average Bonchev–Trinajstić information content (AvgIpc) is 3.17. The maximum absolute atomic E-state index is 9.17. The van der Waals surface area contributed by atoms with E-state index < -0.39 is 0 Å². The Morgan fingerprint density at radius 3 is 2.88 bits per heavy atom. The van der Waals surface area contributed by atoms with Crippen molar-refractivity contribution in [1.82, 2.24) is 25.6 Å². The Balaban J connectivity index is 1.73. The van der Waals surface area contributed by atoms with Crippen molar-refractivity contribution in [3.8, 4) is 11.8 Å². The molecule has 1 aromatic carbocycles. The third kappa shape index (κ3) is 3.72. The number of ether oxygens (including phenoxy) is 1. The van der Waals surface area contributed by atoms with Gasteiger partial charge < -0.3 is 10.1 Å². The van der Waals surface area contributed by atoms with Gasteiger partial charge in [0.15, 0.2) is 17.4 Å². The number of pyridine rings is 1. The van der Waals surface area contributed by atoms with Crippen LogP contribution in [0.1, 0.15) is 11.4 Å². The van der Waals surface area contributed by atoms with Crippen molar-refractivity contribution in [2.75, 3.05) is 5.32 Å². The number of anilines is 1. The second-order valence-electron chi connectivity index (χ2n) is 4.69. The van der Waals surface area contributed by atoms with Gasteiger partial charge >= 0.3 is 0 Å². The molecule has 0 aliphatic rings. The summed E-state index contributed by atoms with van der Waals surface area (Å²) in [6.07, 6.45) is 3.10. The molecule has 118 valence electrons. The number of nitrogens with zero attached hydrogens (tertiary/aromatic N) is 5. The van der Waals surface area contributed by atoms with Gasteiger partial charge in [-0.05, 0) is 28.1 Å². The molecule has 0 aliphatic heterocycles. The van der Waals surface area contributed by atoms with Gasteiger partial charge in [-0.3, -0.25) is 0 Å². The first-order chi connectivity index (χ1) is 11.9. The molecule has 0 saturated carbocycles. The van der Waals surface area contributed by atoms with E-state index >= 15 is 0 Å². The summed E-state index contributed by atoms with van der Waals surface area (Å²) in [5.74, 6) is 1.34. The van der Waals surface area contributed by atoms with Crippen molar-refractivity contribution in [1.29, 1.82) is 5.26 Å². The third-order valence-corrected chi connectivity index (χ3v) is 3.08. The topological polar surface area (TPSA) is 112 Å². The number of nitriles is 1. The van der Waals surface area contributed by atoms with Gasteiger partial charge in [0, 0.05) is 12.4 Å². The smallest absolute Gasteiger partial charge is 0.191 e. The van der Waals surface area contributed by atoms with Crippen LogP contribution >= 0.6 is 0 Å². The first-order valence-electron chi connectivity index (χ1n) is 7.09. The van der Waals surface area contributed by atoms with Gasteiger partial charge in [-0.2, -0.15) is 5.26 Å². The quantitative estimate of drug-likeness (QED) is 0.669. The Bertz CT molecular complexity index is 854. The van der Waals surface area contributed by atoms with Gasteiger partial charge in [-0.25, -0.2) is 10.1 Å². The van der Waals surface area contributed by atoms with Gasteiger partial charge in [-0.15, -0.1) is 5.10 Å². The summed E-state index contributed by atoms with van der Waals surface area (Å²) >= 11 is 0. The highest BCUT2D eigenvalue weighted by molar-refractivity contribution is 5.74. The Morgan fingerprint density at radius 2 is 2.12 bits per heavy atom. The predicted molar refractivity (Wildman–Crippen MR) is 86.4 cm³/mol. The highest BCUT2D eigenvalue weighted by atomic mass is 16.5. The van der Waals surface area contributed by atoms with Crippen LogP contribution in [-0.4, -0.2) is 25.6 Å². The van der Waals surface area contributed by atoms with Crippen molar-refractivity contribution in [3.63, 3.8) is 0 Å². The van der Waals surface area contributed by atoms with E-state index in [1.165, 1.54) is 6.20 Å². The lowest BCUT2D eigenvalue weighted by molar-refractivity contribution is 0.307. The number of hydrogen-bond acceptors (Lipinski definition) is 7. The lowest BCUT2D eigenvalue weighted by Crippen LogP contribution is -2.01. The Labute approximate surface area is 137 Å². The Hall–Kier alpha value is -3.73. The zero-order chi connectivity index (χ0) is 16.6. The minimum atomic E-state index is 0.250. The van der Waals surface area contributed by atoms with Crippen LogP contribution in [0.15, 0.2) is 54.9 Å². The van der Waals surface area contributed by atoms with E-state index in [1.807, 2.05) is 36.4 Å². The number of rotatable bonds is 6. The Kier molecular flexibility index (Phi) is 4.75. The summed E-state index contributed by atoms with van der Waals surface area (Å²) < 4.78 is 5.79. The number of allylic oxidation sites excluding steroid dienone is 1. The number of aromatic amines is 1. The number of aromatic nitrogens is 5. The van der Waals surface area contributed by atoms with E-state index in [9.17, 15) is 5.26 Å². The van der Waals surface area contributed by atoms with E-state index in [1.54, 1.807) is 18.3 Å². The molecule has 3 aromatic rings. The van der Waals surface area contributed by atoms with Gasteiger partial charge in [0.05, 0.1) is 0 Å². The van der Waals surface area contributed by atoms with Crippen LogP contribution in [0.4, 0.5) is 5.82 Å². The minimum absolute atomic E-state index is 0.250. The maximum Gasteiger partial charge on any atom is 0.191 e. The van der Waals surface area contributed by atoms with Crippen LogP contribution in [0.25, 0.3) is 5.57 Å². The number of hydrogen-bond donors (Lipinski definition) is 2. The normalized spacial score (nSPS) is 10.9. The first-order valence-corrected chi connectivity index (χ1v) is 7.09. The van der Waals surface area contributed by atoms with E-state index in [2.05, 4.69) is 30.9 Å². The Morgan fingerprint density at radius 1 is 1.25 bits per heavy atom. The first kappa shape index (κ1) is 15.2. The lowest BCUT2D eigenvalue weighted by atomic mass is 10.2. The van der Waals surface area contributed by atoms with Gasteiger partial charge in [-0.1, -0.05) is 30.3 Å². The third-order valence-electron chi connectivity index (χ3n) is 3.08. The van der Waals surface area contributed by atoms with Gasteiger partial charge in [0.1, 0.15) is 18.2 Å². The fourth-order valence-electron chi connectivity index (χ4n) is 1.92. The summed E-state index contributed by atoms with van der Waals surface area (Å²) in [5.41, 5.74) is 1.30. The monoisotopic (exact) mass is 319 g/mol. The molecule has 0 amide bonds. The van der Waals surface area contributed by atoms with Crippen LogP contribution in [0.5, 0.6) is 5.75 Å². The highest BCUT2D eigenvalue weighted by Crippen LogP contribution is 2.22. The van der Waals surface area contributed by atoms with Crippen LogP contribution < -0.4 is 10.1 Å². The zero-order valence-electron chi connectivity index (χ0n) is 12.5. The molecule has 0 saturated heterocycles. The molecule has 0 radical (unpaired) electrons. The van der Waals surface area contributed by atoms with E-state index in [0.29, 0.717) is 18.2 Å². The number of nitrogens with one attached hydrogen (secondary N) is 2. The summed E-state index contributed by atoms with van der Waals surface area (Å²) in [4.78, 5) is 4.23. The summed E-state index contributed by atoms with van der Waals surface area (Å²) in [7, 11) is 0. The molecule has 3 rings (SSSR count). The van der Waals surface area contributed by atoms with Crippen molar-refractivity contribution in [2.24, 2.45) is 0 Å². The van der Waals surface area contributed by atoms with E-state index in [0.717, 1.165) is 5.56 Å². The molecule has 24 heavy (non-hydrogen) atoms. The van der Waals surface area contributed by atoms with Crippen LogP contribution in [-0.2, 0) is 6.61 Å². The maximum atomic E-state index is 9.17. The molecule has 0 spiro atoms. The molecular weight excluding hydrogens is 306 g/mol. The fraction of sp³-hybridized carbons (Fsp3) is 0.0625. The molecule has 2 aromatic heterocycles. The molecule has 0 fully saturated rings. The SMILES string of the molecule is N#CC(=CNc1ncccc1OCc1ccccc1)c1nnn[nH]1. The summed E-state index contributed by atoms with van der Waals surface area (Å²) in [6.45, 7) is 0.419. The number of benzene rings is 1. The highest BCUT2D eigenvalue weighted by Gasteiger charge is 2.07. The standard InChI is InChI=1S/C16H13N7O/c17-9-13(15-20-22-23-21-15)10-19-16-14(7-4-8-18-16)24-11-12-5-2-1-3-6-12/h1-8,10H,11H2,(H,18,19)(H,20,21,22,23). The zero-order valence-corrected chi connectivity index (χ0v) is 12.5. The number of tetrazole rings is 1. The molecule has 0 aliphatic carbocycles. The van der Waals surface area contributed by atoms with Gasteiger partial charge in [0.25, 0.3) is 0 Å². The number of H-pyrrole nitrogens is 1. The van der Waals surface area contributed by atoms with Crippen LogP contribution in [0.3, 0.4) is 0 Å². The lowest BCUT2D eigenvalue weighted by Gasteiger charge is -2.10. The molecule has 0 unspecified atom stereocenters. The largest absolute Gasteiger partial charge is 0.485 e. The second-order valence-corrected chi connectivity index (χ2v) is 4.69. The van der Waals surface area contributed by atoms with Crippen LogP contribution in [0.2, 0.25) is 0 Å². The molecule has 8 nitrogen and oxygen atoms in total. The van der Waals surface area contributed by atoms with Gasteiger partial charge in [0.2, 0.25) is 0 Å². The van der Waals surface area contributed by atoms with Crippen molar-refractivity contribution in [2.45, 2.75) is 6.61 Å². The predicted octanol–water partition coefficient (Wildman–Crippen LogP) is 2.15. The van der Waals surface area contributed by atoms with Crippen molar-refractivity contribution >= 4 is 11.4 Å². The van der Waals surface area contributed by atoms with Crippen molar-refractivity contribution in [3.05, 3.63) is 66.2 Å². The summed E-state index contributed by atoms with van der Waals surface area (Å²) in [5, 5.41) is 25.2. The molecule has 8 heteroatoms. The molecule has 0 atom stereocenters. The average molecular weight is 319 g/mol. The van der Waals surface area contributed by atoms with E-state index in [4.69, 9.17) is 4.74 Å². The van der Waals surface area contributed by atoms with Crippen molar-refractivity contribution < 1.29 is 4.74 Å². The fourth-order valence-corrected chi connectivity index (χ4v) is 1.92. The second kappa shape index (κ2) is 7.51. The molecule has 0 bridgehead atoms. The molecule has 2 N–H and O–H groups in total. The summed E-state index contributed by atoms with van der Waals surface area (Å²) in [6, 6.07) is 15.4. The van der Waals surface area contributed by atoms with E-state index in [-0.39, 0.29) is 11.4 Å². The molecule has 2 heterocycles. The minimum Gasteiger partial charge on any atom is -0.485 e. The molecular formula is C16H13N7O. The van der Waals surface area contributed by atoms with Crippen LogP contribution in [0, 0.1) is 11.3 Å².